The zero-order chi connectivity index (χ0) is 17.8. The van der Waals surface area contributed by atoms with Crippen molar-refractivity contribution in [3.8, 4) is 17.4 Å². The SMILES string of the molecule is COC(=O)c1ncc2nc(OCc3ccc(OC)cc3)ccc2c1O. The van der Waals surface area contributed by atoms with Gasteiger partial charge in [-0.05, 0) is 23.8 Å². The molecule has 3 aromatic rings. The quantitative estimate of drug-likeness (QED) is 0.714. The summed E-state index contributed by atoms with van der Waals surface area (Å²) in [4.78, 5) is 19.7. The van der Waals surface area contributed by atoms with Crippen molar-refractivity contribution < 1.29 is 24.1 Å². The molecule has 0 aliphatic rings. The molecular weight excluding hydrogens is 324 g/mol. The summed E-state index contributed by atoms with van der Waals surface area (Å²) in [7, 11) is 2.83. The van der Waals surface area contributed by atoms with Crippen LogP contribution in [0.5, 0.6) is 17.4 Å². The molecule has 0 unspecified atom stereocenters. The van der Waals surface area contributed by atoms with Crippen LogP contribution in [-0.2, 0) is 11.3 Å². The minimum Gasteiger partial charge on any atom is -0.505 e. The Morgan fingerprint density at radius 3 is 2.56 bits per heavy atom. The van der Waals surface area contributed by atoms with E-state index in [-0.39, 0.29) is 11.4 Å². The molecule has 25 heavy (non-hydrogen) atoms. The molecule has 2 heterocycles. The molecule has 128 valence electrons. The Kier molecular flexibility index (Phi) is 4.65. The second-order valence-electron chi connectivity index (χ2n) is 5.17. The predicted octanol–water partition coefficient (Wildman–Crippen LogP) is 2.71. The summed E-state index contributed by atoms with van der Waals surface area (Å²) in [5.74, 6) is 0.184. The smallest absolute Gasteiger partial charge is 0.360 e. The molecule has 3 rings (SSSR count). The van der Waals surface area contributed by atoms with Crippen LogP contribution >= 0.6 is 0 Å². The van der Waals surface area contributed by atoms with Crippen LogP contribution in [0.2, 0.25) is 0 Å². The summed E-state index contributed by atoms with van der Waals surface area (Å²) < 4.78 is 15.3. The topological polar surface area (TPSA) is 90.8 Å². The van der Waals surface area contributed by atoms with Gasteiger partial charge in [0.2, 0.25) is 5.88 Å². The molecule has 0 spiro atoms. The first-order valence-corrected chi connectivity index (χ1v) is 7.45. The second-order valence-corrected chi connectivity index (χ2v) is 5.17. The van der Waals surface area contributed by atoms with Gasteiger partial charge < -0.3 is 19.3 Å². The molecule has 0 saturated carbocycles. The molecule has 0 aliphatic carbocycles. The molecule has 1 N–H and O–H groups in total. The van der Waals surface area contributed by atoms with Gasteiger partial charge in [-0.2, -0.15) is 0 Å². The predicted molar refractivity (Wildman–Crippen MR) is 89.9 cm³/mol. The number of nitrogens with zero attached hydrogens (tertiary/aromatic N) is 2. The first-order chi connectivity index (χ1) is 12.1. The van der Waals surface area contributed by atoms with Crippen LogP contribution in [0.3, 0.4) is 0 Å². The Morgan fingerprint density at radius 2 is 1.88 bits per heavy atom. The van der Waals surface area contributed by atoms with Crippen LogP contribution < -0.4 is 9.47 Å². The van der Waals surface area contributed by atoms with Crippen molar-refractivity contribution >= 4 is 16.9 Å². The summed E-state index contributed by atoms with van der Waals surface area (Å²) in [6, 6.07) is 10.7. The largest absolute Gasteiger partial charge is 0.505 e. The molecule has 0 atom stereocenters. The van der Waals surface area contributed by atoms with E-state index in [9.17, 15) is 9.90 Å². The fraction of sp³-hybridized carbons (Fsp3) is 0.167. The van der Waals surface area contributed by atoms with E-state index in [0.717, 1.165) is 11.3 Å². The summed E-state index contributed by atoms with van der Waals surface area (Å²) in [6.45, 7) is 0.335. The number of fused-ring (bicyclic) bond motifs is 1. The maximum Gasteiger partial charge on any atom is 0.360 e. The van der Waals surface area contributed by atoms with Crippen LogP contribution in [0.1, 0.15) is 16.1 Å². The van der Waals surface area contributed by atoms with Gasteiger partial charge in [0.25, 0.3) is 0 Å². The van der Waals surface area contributed by atoms with E-state index in [0.29, 0.717) is 23.4 Å². The summed E-state index contributed by atoms with van der Waals surface area (Å²) in [5.41, 5.74) is 1.23. The standard InChI is InChI=1S/C18H16N2O5/c1-23-12-5-3-11(4-6-12)10-25-15-8-7-13-14(20-15)9-19-16(17(13)21)18(22)24-2/h3-9,21H,10H2,1-2H3. The highest BCUT2D eigenvalue weighted by molar-refractivity contribution is 5.97. The van der Waals surface area contributed by atoms with Gasteiger partial charge >= 0.3 is 5.97 Å². The van der Waals surface area contributed by atoms with Crippen molar-refractivity contribution in [3.05, 3.63) is 53.9 Å². The summed E-state index contributed by atoms with van der Waals surface area (Å²) in [6.07, 6.45) is 1.39. The third-order valence-corrected chi connectivity index (χ3v) is 3.62. The van der Waals surface area contributed by atoms with E-state index < -0.39 is 5.97 Å². The molecule has 0 saturated heterocycles. The van der Waals surface area contributed by atoms with Gasteiger partial charge in [-0.3, -0.25) is 0 Å². The maximum absolute atomic E-state index is 11.6. The molecule has 0 radical (unpaired) electrons. The number of carbonyl (C=O) groups is 1. The Balaban J connectivity index is 1.80. The van der Waals surface area contributed by atoms with Crippen molar-refractivity contribution in [2.75, 3.05) is 14.2 Å². The number of rotatable bonds is 5. The fourth-order valence-corrected chi connectivity index (χ4v) is 2.27. The van der Waals surface area contributed by atoms with Crippen LogP contribution in [0.15, 0.2) is 42.6 Å². The van der Waals surface area contributed by atoms with E-state index in [1.807, 2.05) is 24.3 Å². The Morgan fingerprint density at radius 1 is 1.12 bits per heavy atom. The molecule has 1 aromatic carbocycles. The number of aromatic nitrogens is 2. The number of hydrogen-bond donors (Lipinski definition) is 1. The van der Waals surface area contributed by atoms with Crippen molar-refractivity contribution in [2.24, 2.45) is 0 Å². The number of pyridine rings is 2. The average molecular weight is 340 g/mol. The lowest BCUT2D eigenvalue weighted by Crippen LogP contribution is -2.05. The zero-order valence-electron chi connectivity index (χ0n) is 13.7. The van der Waals surface area contributed by atoms with E-state index in [2.05, 4.69) is 14.7 Å². The highest BCUT2D eigenvalue weighted by Crippen LogP contribution is 2.28. The van der Waals surface area contributed by atoms with Crippen LogP contribution in [-0.4, -0.2) is 35.3 Å². The highest BCUT2D eigenvalue weighted by Gasteiger charge is 2.17. The van der Waals surface area contributed by atoms with Gasteiger partial charge in [-0.25, -0.2) is 14.8 Å². The van der Waals surface area contributed by atoms with Gasteiger partial charge in [0, 0.05) is 11.5 Å². The Bertz CT molecular complexity index is 909. The number of aromatic hydroxyl groups is 1. The third kappa shape index (κ3) is 3.45. The Hall–Kier alpha value is -3.35. The minimum absolute atomic E-state index is 0.149. The highest BCUT2D eigenvalue weighted by atomic mass is 16.5. The molecule has 0 fully saturated rings. The van der Waals surface area contributed by atoms with Crippen molar-refractivity contribution in [3.63, 3.8) is 0 Å². The molecule has 0 amide bonds. The lowest BCUT2D eigenvalue weighted by Gasteiger charge is -2.09. The van der Waals surface area contributed by atoms with Crippen LogP contribution in [0, 0.1) is 0 Å². The van der Waals surface area contributed by atoms with Gasteiger partial charge in [0.1, 0.15) is 12.4 Å². The first kappa shape index (κ1) is 16.5. The van der Waals surface area contributed by atoms with Gasteiger partial charge in [0.05, 0.1) is 25.9 Å². The normalized spacial score (nSPS) is 10.5. The third-order valence-electron chi connectivity index (χ3n) is 3.62. The summed E-state index contributed by atoms with van der Waals surface area (Å²) in [5, 5.41) is 10.5. The number of benzene rings is 1. The second kappa shape index (κ2) is 7.04. The number of esters is 1. The average Bonchev–Trinajstić information content (AvgIpc) is 2.66. The number of hydrogen-bond acceptors (Lipinski definition) is 7. The lowest BCUT2D eigenvalue weighted by molar-refractivity contribution is 0.0591. The minimum atomic E-state index is -0.709. The zero-order valence-corrected chi connectivity index (χ0v) is 13.7. The van der Waals surface area contributed by atoms with E-state index in [4.69, 9.17) is 9.47 Å². The monoisotopic (exact) mass is 340 g/mol. The number of methoxy groups -OCH3 is 2. The number of carbonyl (C=O) groups excluding carboxylic acids is 1. The van der Waals surface area contributed by atoms with E-state index >= 15 is 0 Å². The van der Waals surface area contributed by atoms with Crippen molar-refractivity contribution in [2.45, 2.75) is 6.61 Å². The molecule has 7 heteroatoms. The lowest BCUT2D eigenvalue weighted by atomic mass is 10.2. The van der Waals surface area contributed by atoms with Crippen molar-refractivity contribution in [1.29, 1.82) is 0 Å². The Labute approximate surface area is 143 Å². The van der Waals surface area contributed by atoms with E-state index in [1.54, 1.807) is 19.2 Å². The van der Waals surface area contributed by atoms with Gasteiger partial charge in [-0.1, -0.05) is 12.1 Å². The van der Waals surface area contributed by atoms with Crippen LogP contribution in [0.4, 0.5) is 0 Å². The number of ether oxygens (including phenoxy) is 3. The van der Waals surface area contributed by atoms with Crippen molar-refractivity contribution in [1.82, 2.24) is 9.97 Å². The molecule has 0 aliphatic heterocycles. The molecule has 0 bridgehead atoms. The first-order valence-electron chi connectivity index (χ1n) is 7.45. The molecule has 2 aromatic heterocycles. The van der Waals surface area contributed by atoms with Crippen LogP contribution in [0.25, 0.3) is 10.9 Å². The van der Waals surface area contributed by atoms with Gasteiger partial charge in [-0.15, -0.1) is 0 Å². The fourth-order valence-electron chi connectivity index (χ4n) is 2.27. The van der Waals surface area contributed by atoms with E-state index in [1.165, 1.54) is 13.3 Å². The maximum atomic E-state index is 11.6. The van der Waals surface area contributed by atoms with Gasteiger partial charge in [0.15, 0.2) is 11.4 Å². The summed E-state index contributed by atoms with van der Waals surface area (Å²) >= 11 is 0. The molecule has 7 nitrogen and oxygen atoms in total. The molecular formula is C18H16N2O5.